The van der Waals surface area contributed by atoms with E-state index in [1.807, 2.05) is 24.3 Å². The van der Waals surface area contributed by atoms with E-state index in [0.717, 1.165) is 49.8 Å². The number of hydrogen-bond donors (Lipinski definition) is 0. The smallest absolute Gasteiger partial charge is 0.156 e. The van der Waals surface area contributed by atoms with Crippen LogP contribution in [0, 0.1) is 0 Å². The van der Waals surface area contributed by atoms with Crippen LogP contribution in [0.4, 0.5) is 17.1 Å². The molecular formula is C40H26ClNO. The van der Waals surface area contributed by atoms with Crippen molar-refractivity contribution in [3.05, 3.63) is 163 Å². The van der Waals surface area contributed by atoms with Crippen molar-refractivity contribution in [2.75, 3.05) is 4.90 Å². The molecule has 3 heteroatoms. The van der Waals surface area contributed by atoms with Gasteiger partial charge in [-0.1, -0.05) is 121 Å². The van der Waals surface area contributed by atoms with E-state index in [4.69, 9.17) is 16.0 Å². The van der Waals surface area contributed by atoms with Crippen LogP contribution in [-0.2, 0) is 0 Å². The second kappa shape index (κ2) is 10.5. The molecule has 0 aliphatic rings. The average molecular weight is 572 g/mol. The summed E-state index contributed by atoms with van der Waals surface area (Å²) < 4.78 is 6.41. The maximum Gasteiger partial charge on any atom is 0.156 e. The van der Waals surface area contributed by atoms with E-state index < -0.39 is 0 Å². The zero-order valence-corrected chi connectivity index (χ0v) is 24.0. The van der Waals surface area contributed by atoms with Crippen LogP contribution in [0.15, 0.2) is 162 Å². The summed E-state index contributed by atoms with van der Waals surface area (Å²) in [6.07, 6.45) is 0. The van der Waals surface area contributed by atoms with Gasteiger partial charge in [0, 0.05) is 16.8 Å². The first-order chi connectivity index (χ1) is 21.2. The second-order valence-electron chi connectivity index (χ2n) is 10.7. The molecule has 204 valence electrons. The van der Waals surface area contributed by atoms with E-state index in [2.05, 4.69) is 138 Å². The largest absolute Gasteiger partial charge is 0.454 e. The van der Waals surface area contributed by atoms with Gasteiger partial charge in [-0.25, -0.2) is 0 Å². The number of hydrogen-bond acceptors (Lipinski definition) is 2. The summed E-state index contributed by atoms with van der Waals surface area (Å²) in [4.78, 5) is 2.28. The summed E-state index contributed by atoms with van der Waals surface area (Å²) in [6.45, 7) is 0. The summed E-state index contributed by atoms with van der Waals surface area (Å²) in [7, 11) is 0. The average Bonchev–Trinajstić information content (AvgIpc) is 3.45. The van der Waals surface area contributed by atoms with E-state index in [1.165, 1.54) is 16.7 Å². The molecule has 0 bridgehead atoms. The van der Waals surface area contributed by atoms with Crippen molar-refractivity contribution in [1.82, 2.24) is 0 Å². The van der Waals surface area contributed by atoms with Gasteiger partial charge in [0.2, 0.25) is 0 Å². The Bertz CT molecular complexity index is 2220. The summed E-state index contributed by atoms with van der Waals surface area (Å²) in [6, 6.07) is 55.1. The Balaban J connectivity index is 1.26. The van der Waals surface area contributed by atoms with Gasteiger partial charge in [0.15, 0.2) is 5.58 Å². The molecule has 0 saturated heterocycles. The molecule has 0 aliphatic carbocycles. The third-order valence-corrected chi connectivity index (χ3v) is 8.42. The van der Waals surface area contributed by atoms with E-state index >= 15 is 0 Å². The van der Waals surface area contributed by atoms with Crippen molar-refractivity contribution in [2.24, 2.45) is 0 Å². The van der Waals surface area contributed by atoms with Gasteiger partial charge in [0.25, 0.3) is 0 Å². The Morgan fingerprint density at radius 1 is 0.465 bits per heavy atom. The Hall–Kier alpha value is -5.31. The van der Waals surface area contributed by atoms with Gasteiger partial charge in [0.05, 0.1) is 16.1 Å². The van der Waals surface area contributed by atoms with Crippen LogP contribution >= 0.6 is 11.6 Å². The molecule has 1 aromatic heterocycles. The van der Waals surface area contributed by atoms with Crippen LogP contribution in [0.5, 0.6) is 0 Å². The van der Waals surface area contributed by atoms with Crippen LogP contribution in [0.25, 0.3) is 55.0 Å². The van der Waals surface area contributed by atoms with Crippen molar-refractivity contribution < 1.29 is 4.42 Å². The molecule has 0 radical (unpaired) electrons. The highest BCUT2D eigenvalue weighted by molar-refractivity contribution is 6.37. The monoisotopic (exact) mass is 571 g/mol. The lowest BCUT2D eigenvalue weighted by atomic mass is 10.00. The normalized spacial score (nSPS) is 11.4. The molecule has 0 amide bonds. The SMILES string of the molecule is Clc1ccc(N(c2ccccc2)c2ccc(-c3ccc(-c4ccccc4)cc3)cc2)c2c1oc1cc3ccccc3cc12. The molecule has 0 atom stereocenters. The fraction of sp³-hybridized carbons (Fsp3) is 0. The molecule has 0 unspecified atom stereocenters. The Morgan fingerprint density at radius 2 is 0.977 bits per heavy atom. The highest BCUT2D eigenvalue weighted by Crippen LogP contribution is 2.45. The van der Waals surface area contributed by atoms with E-state index in [9.17, 15) is 0 Å². The van der Waals surface area contributed by atoms with E-state index in [0.29, 0.717) is 10.6 Å². The first-order valence-corrected chi connectivity index (χ1v) is 14.8. The number of para-hydroxylation sites is 1. The minimum atomic E-state index is 0.598. The van der Waals surface area contributed by atoms with Crippen molar-refractivity contribution in [3.8, 4) is 22.3 Å². The molecular weight excluding hydrogens is 546 g/mol. The predicted molar refractivity (Wildman–Crippen MR) is 182 cm³/mol. The molecule has 0 aliphatic heterocycles. The fourth-order valence-electron chi connectivity index (χ4n) is 6.00. The minimum absolute atomic E-state index is 0.598. The predicted octanol–water partition coefficient (Wildman–Crippen LogP) is 12.2. The molecule has 0 fully saturated rings. The fourth-order valence-corrected chi connectivity index (χ4v) is 6.19. The zero-order valence-electron chi connectivity index (χ0n) is 23.2. The molecule has 8 rings (SSSR count). The number of nitrogens with zero attached hydrogens (tertiary/aromatic N) is 1. The van der Waals surface area contributed by atoms with Gasteiger partial charge in [-0.2, -0.15) is 0 Å². The van der Waals surface area contributed by atoms with E-state index in [-0.39, 0.29) is 0 Å². The number of halogens is 1. The lowest BCUT2D eigenvalue weighted by Crippen LogP contribution is -2.10. The van der Waals surface area contributed by atoms with Gasteiger partial charge >= 0.3 is 0 Å². The molecule has 0 saturated carbocycles. The second-order valence-corrected chi connectivity index (χ2v) is 11.1. The molecule has 7 aromatic carbocycles. The minimum Gasteiger partial charge on any atom is -0.454 e. The van der Waals surface area contributed by atoms with Crippen molar-refractivity contribution >= 4 is 61.4 Å². The summed E-state index contributed by atoms with van der Waals surface area (Å²) in [5, 5.41) is 4.94. The summed E-state index contributed by atoms with van der Waals surface area (Å²) in [5.74, 6) is 0. The summed E-state index contributed by atoms with van der Waals surface area (Å²) >= 11 is 6.76. The number of furan rings is 1. The lowest BCUT2D eigenvalue weighted by Gasteiger charge is -2.26. The Labute approximate surface area is 255 Å². The maximum atomic E-state index is 6.76. The quantitative estimate of drug-likeness (QED) is 0.204. The van der Waals surface area contributed by atoms with Gasteiger partial charge in [-0.3, -0.25) is 0 Å². The van der Waals surface area contributed by atoms with Gasteiger partial charge in [-0.05, 0) is 81.6 Å². The highest BCUT2D eigenvalue weighted by atomic mass is 35.5. The van der Waals surface area contributed by atoms with E-state index in [1.54, 1.807) is 0 Å². The third-order valence-electron chi connectivity index (χ3n) is 8.12. The molecule has 0 spiro atoms. The molecule has 8 aromatic rings. The van der Waals surface area contributed by atoms with Crippen LogP contribution in [0.1, 0.15) is 0 Å². The van der Waals surface area contributed by atoms with Crippen molar-refractivity contribution in [1.29, 1.82) is 0 Å². The van der Waals surface area contributed by atoms with Crippen LogP contribution in [0.3, 0.4) is 0 Å². The number of rotatable bonds is 5. The van der Waals surface area contributed by atoms with Gasteiger partial charge < -0.3 is 9.32 Å². The first-order valence-electron chi connectivity index (χ1n) is 14.4. The molecule has 2 nitrogen and oxygen atoms in total. The summed E-state index contributed by atoms with van der Waals surface area (Å²) in [5.41, 5.74) is 9.42. The van der Waals surface area contributed by atoms with Crippen molar-refractivity contribution in [3.63, 3.8) is 0 Å². The van der Waals surface area contributed by atoms with Crippen molar-refractivity contribution in [2.45, 2.75) is 0 Å². The third kappa shape index (κ3) is 4.53. The van der Waals surface area contributed by atoms with Crippen LogP contribution in [0.2, 0.25) is 5.02 Å². The first kappa shape index (κ1) is 25.4. The Morgan fingerprint density at radius 3 is 1.63 bits per heavy atom. The lowest BCUT2D eigenvalue weighted by molar-refractivity contribution is 0.669. The maximum absolute atomic E-state index is 6.76. The van der Waals surface area contributed by atoms with Gasteiger partial charge in [0.1, 0.15) is 5.58 Å². The van der Waals surface area contributed by atoms with Crippen LogP contribution in [-0.4, -0.2) is 0 Å². The Kier molecular flexibility index (Phi) is 6.21. The molecule has 0 N–H and O–H groups in total. The topological polar surface area (TPSA) is 16.4 Å². The highest BCUT2D eigenvalue weighted by Gasteiger charge is 2.21. The number of benzene rings is 7. The zero-order chi connectivity index (χ0) is 28.8. The van der Waals surface area contributed by atoms with Crippen LogP contribution < -0.4 is 4.90 Å². The standard InChI is InChI=1S/C40H26ClNO/c41-36-23-24-37(39-35-25-31-11-7-8-12-32(31)26-38(35)43-40(36)39)42(33-13-5-2-6-14-33)34-21-19-30(20-22-34)29-17-15-28(16-18-29)27-9-3-1-4-10-27/h1-26H. The molecule has 1 heterocycles. The van der Waals surface area contributed by atoms with Gasteiger partial charge in [-0.15, -0.1) is 0 Å². The molecule has 43 heavy (non-hydrogen) atoms. The number of anilines is 3. The number of fused-ring (bicyclic) bond motifs is 4.